The Labute approximate surface area is 210 Å². The summed E-state index contributed by atoms with van der Waals surface area (Å²) in [7, 11) is 1.80. The molecule has 0 fully saturated rings. The van der Waals surface area contributed by atoms with E-state index in [-0.39, 0.29) is 17.7 Å². The largest absolute Gasteiger partial charge is 0.386 e. The van der Waals surface area contributed by atoms with Gasteiger partial charge in [0.25, 0.3) is 17.7 Å². The number of hydrogen-bond donors (Lipinski definition) is 4. The Kier molecular flexibility index (Phi) is 7.46. The highest BCUT2D eigenvalue weighted by Crippen LogP contribution is 2.29. The summed E-state index contributed by atoms with van der Waals surface area (Å²) in [6, 6.07) is 19.7. The van der Waals surface area contributed by atoms with Crippen LogP contribution < -0.4 is 21.7 Å². The smallest absolute Gasteiger partial charge is 0.255 e. The van der Waals surface area contributed by atoms with Crippen molar-refractivity contribution in [1.29, 1.82) is 0 Å². The minimum atomic E-state index is -0.232. The highest BCUT2D eigenvalue weighted by Gasteiger charge is 2.27. The van der Waals surface area contributed by atoms with E-state index < -0.39 is 0 Å². The fraction of sp³-hybridized carbons (Fsp3) is 0.179. The van der Waals surface area contributed by atoms with Gasteiger partial charge in [0.05, 0.1) is 11.4 Å². The number of hydrogen-bond acceptors (Lipinski definition) is 5. The second-order valence-corrected chi connectivity index (χ2v) is 8.52. The van der Waals surface area contributed by atoms with Gasteiger partial charge in [-0.15, -0.1) is 0 Å². The standard InChI is InChI=1S/C28H29N5O3/c1-18-16-33(28(36)22-12-11-21(15-23(18)22)26(34)31-14-13-29)17-19-7-9-20(10-8-19)27(35)32-25-6-4-3-5-24(25)30-2/h3-12,15,30H,1,13-14,16-17,29H2,2H3,(H,31,34)(H,32,35). The van der Waals surface area contributed by atoms with E-state index in [1.165, 1.54) is 0 Å². The lowest BCUT2D eigenvalue weighted by Crippen LogP contribution is -2.36. The van der Waals surface area contributed by atoms with Crippen molar-refractivity contribution in [3.63, 3.8) is 0 Å². The first-order valence-electron chi connectivity index (χ1n) is 11.7. The van der Waals surface area contributed by atoms with Crippen LogP contribution in [0.4, 0.5) is 11.4 Å². The topological polar surface area (TPSA) is 117 Å². The van der Waals surface area contributed by atoms with Crippen LogP contribution in [-0.4, -0.2) is 49.3 Å². The van der Waals surface area contributed by atoms with Gasteiger partial charge in [0.2, 0.25) is 0 Å². The second-order valence-electron chi connectivity index (χ2n) is 8.52. The predicted molar refractivity (Wildman–Crippen MR) is 142 cm³/mol. The number of anilines is 2. The first kappa shape index (κ1) is 24.7. The fourth-order valence-electron chi connectivity index (χ4n) is 4.12. The molecule has 8 heteroatoms. The molecule has 3 aromatic rings. The van der Waals surface area contributed by atoms with Crippen LogP contribution in [0.5, 0.6) is 0 Å². The molecule has 5 N–H and O–H groups in total. The van der Waals surface area contributed by atoms with Crippen molar-refractivity contribution in [2.45, 2.75) is 6.54 Å². The van der Waals surface area contributed by atoms with Gasteiger partial charge in [0.1, 0.15) is 0 Å². The summed E-state index contributed by atoms with van der Waals surface area (Å²) in [6.45, 7) is 5.59. The van der Waals surface area contributed by atoms with E-state index in [1.807, 2.05) is 36.4 Å². The molecule has 4 rings (SSSR count). The molecule has 0 aromatic heterocycles. The maximum Gasteiger partial charge on any atom is 0.255 e. The van der Waals surface area contributed by atoms with Crippen molar-refractivity contribution in [2.75, 3.05) is 37.3 Å². The molecule has 1 aliphatic heterocycles. The molecule has 184 valence electrons. The lowest BCUT2D eigenvalue weighted by molar-refractivity contribution is 0.0756. The van der Waals surface area contributed by atoms with E-state index in [0.29, 0.717) is 54.1 Å². The molecule has 0 saturated heterocycles. The van der Waals surface area contributed by atoms with E-state index in [4.69, 9.17) is 5.73 Å². The summed E-state index contributed by atoms with van der Waals surface area (Å²) in [5.41, 5.74) is 10.8. The number of carbonyl (C=O) groups excluding carboxylic acids is 3. The minimum Gasteiger partial charge on any atom is -0.386 e. The number of amides is 3. The number of carbonyl (C=O) groups is 3. The lowest BCUT2D eigenvalue weighted by Gasteiger charge is -2.30. The summed E-state index contributed by atoms with van der Waals surface area (Å²) < 4.78 is 0. The quantitative estimate of drug-likeness (QED) is 0.392. The van der Waals surface area contributed by atoms with E-state index in [9.17, 15) is 14.4 Å². The number of nitrogens with one attached hydrogen (secondary N) is 3. The SMILES string of the molecule is C=C1CN(Cc2ccc(C(=O)Nc3ccccc3NC)cc2)C(=O)c2ccc(C(=O)NCCN)cc21. The third-order valence-corrected chi connectivity index (χ3v) is 6.03. The zero-order valence-electron chi connectivity index (χ0n) is 20.1. The summed E-state index contributed by atoms with van der Waals surface area (Å²) >= 11 is 0. The molecule has 1 heterocycles. The van der Waals surface area contributed by atoms with Gasteiger partial charge in [-0.05, 0) is 59.2 Å². The van der Waals surface area contributed by atoms with Gasteiger partial charge >= 0.3 is 0 Å². The van der Waals surface area contributed by atoms with Gasteiger partial charge < -0.3 is 26.6 Å². The molecule has 0 bridgehead atoms. The van der Waals surface area contributed by atoms with Crippen LogP contribution in [0.2, 0.25) is 0 Å². The predicted octanol–water partition coefficient (Wildman–Crippen LogP) is 3.34. The average Bonchev–Trinajstić information content (AvgIpc) is 2.90. The first-order chi connectivity index (χ1) is 17.4. The number of nitrogens with two attached hydrogens (primary N) is 1. The molecule has 3 aromatic carbocycles. The first-order valence-corrected chi connectivity index (χ1v) is 11.7. The van der Waals surface area contributed by atoms with Crippen molar-refractivity contribution >= 4 is 34.7 Å². The Morgan fingerprint density at radius 2 is 1.64 bits per heavy atom. The van der Waals surface area contributed by atoms with E-state index in [0.717, 1.165) is 16.8 Å². The van der Waals surface area contributed by atoms with Crippen molar-refractivity contribution in [2.24, 2.45) is 5.73 Å². The Morgan fingerprint density at radius 3 is 2.33 bits per heavy atom. The number of fused-ring (bicyclic) bond motifs is 1. The van der Waals surface area contributed by atoms with Crippen molar-refractivity contribution < 1.29 is 14.4 Å². The van der Waals surface area contributed by atoms with Gasteiger partial charge in [-0.1, -0.05) is 30.8 Å². The molecule has 0 radical (unpaired) electrons. The van der Waals surface area contributed by atoms with Crippen LogP contribution >= 0.6 is 0 Å². The Morgan fingerprint density at radius 1 is 0.944 bits per heavy atom. The highest BCUT2D eigenvalue weighted by atomic mass is 16.2. The van der Waals surface area contributed by atoms with Crippen molar-refractivity contribution in [3.8, 4) is 0 Å². The summed E-state index contributed by atoms with van der Waals surface area (Å²) in [5, 5.41) is 8.70. The molecule has 36 heavy (non-hydrogen) atoms. The van der Waals surface area contributed by atoms with Crippen LogP contribution in [-0.2, 0) is 6.54 Å². The van der Waals surface area contributed by atoms with Gasteiger partial charge in [0, 0.05) is 49.9 Å². The minimum absolute atomic E-state index is 0.128. The van der Waals surface area contributed by atoms with Gasteiger partial charge in [-0.3, -0.25) is 14.4 Å². The molecule has 0 aliphatic carbocycles. The molecule has 1 aliphatic rings. The van der Waals surface area contributed by atoms with E-state index in [1.54, 1.807) is 42.3 Å². The van der Waals surface area contributed by atoms with Crippen LogP contribution in [0.15, 0.2) is 73.3 Å². The maximum atomic E-state index is 13.2. The summed E-state index contributed by atoms with van der Waals surface area (Å²) in [6.07, 6.45) is 0. The Bertz CT molecular complexity index is 1320. The monoisotopic (exact) mass is 483 g/mol. The molecular formula is C28H29N5O3. The maximum absolute atomic E-state index is 13.2. The molecular weight excluding hydrogens is 454 g/mol. The number of rotatable bonds is 8. The second kappa shape index (κ2) is 10.9. The Hall–Kier alpha value is -4.43. The van der Waals surface area contributed by atoms with E-state index >= 15 is 0 Å². The fourth-order valence-corrected chi connectivity index (χ4v) is 4.12. The number of para-hydroxylation sites is 2. The number of nitrogens with zero attached hydrogens (tertiary/aromatic N) is 1. The average molecular weight is 484 g/mol. The molecule has 8 nitrogen and oxygen atoms in total. The van der Waals surface area contributed by atoms with Crippen LogP contribution in [0.3, 0.4) is 0 Å². The summed E-state index contributed by atoms with van der Waals surface area (Å²) in [4.78, 5) is 39.8. The zero-order valence-corrected chi connectivity index (χ0v) is 20.1. The molecule has 0 unspecified atom stereocenters. The van der Waals surface area contributed by atoms with Gasteiger partial charge in [0.15, 0.2) is 0 Å². The normalized spacial score (nSPS) is 12.7. The van der Waals surface area contributed by atoms with Crippen LogP contribution in [0.1, 0.15) is 42.2 Å². The van der Waals surface area contributed by atoms with Crippen molar-refractivity contribution in [1.82, 2.24) is 10.2 Å². The lowest BCUT2D eigenvalue weighted by atomic mass is 9.92. The molecule has 3 amide bonds. The van der Waals surface area contributed by atoms with Gasteiger partial charge in [-0.25, -0.2) is 0 Å². The van der Waals surface area contributed by atoms with Gasteiger partial charge in [-0.2, -0.15) is 0 Å². The van der Waals surface area contributed by atoms with Crippen LogP contribution in [0, 0.1) is 0 Å². The van der Waals surface area contributed by atoms with Crippen LogP contribution in [0.25, 0.3) is 5.57 Å². The molecule has 0 spiro atoms. The molecule has 0 atom stereocenters. The highest BCUT2D eigenvalue weighted by molar-refractivity contribution is 6.06. The van der Waals surface area contributed by atoms with Crippen molar-refractivity contribution in [3.05, 3.63) is 101 Å². The third kappa shape index (κ3) is 5.29. The number of benzene rings is 3. The third-order valence-electron chi connectivity index (χ3n) is 6.03. The van der Waals surface area contributed by atoms with E-state index in [2.05, 4.69) is 22.5 Å². The molecule has 0 saturated carbocycles. The summed E-state index contributed by atoms with van der Waals surface area (Å²) in [5.74, 6) is -0.576. The Balaban J connectivity index is 1.44. The zero-order chi connectivity index (χ0) is 25.7.